The molecule has 2 aromatic carbocycles. The van der Waals surface area contributed by atoms with Crippen molar-refractivity contribution < 1.29 is 14.3 Å². The Morgan fingerprint density at radius 1 is 1.10 bits per heavy atom. The standard InChI is InChI=1S/C23H26N4O3/c1-4-14-26(16-22(28)25-20-12-8-9-13-21(20)30-3)23(29)19-15-24-27(17(19)2)18-10-6-5-7-11-18/h5-13,15H,4,14,16H2,1-3H3,(H,25,28). The van der Waals surface area contributed by atoms with Gasteiger partial charge >= 0.3 is 0 Å². The molecule has 156 valence electrons. The fourth-order valence-electron chi connectivity index (χ4n) is 3.25. The van der Waals surface area contributed by atoms with Crippen LogP contribution in [0.1, 0.15) is 29.4 Å². The number of methoxy groups -OCH3 is 1. The average Bonchev–Trinajstić information content (AvgIpc) is 3.15. The molecule has 7 heteroatoms. The van der Waals surface area contributed by atoms with E-state index in [-0.39, 0.29) is 18.4 Å². The molecule has 0 unspecified atom stereocenters. The predicted molar refractivity (Wildman–Crippen MR) is 116 cm³/mol. The summed E-state index contributed by atoms with van der Waals surface area (Å²) in [7, 11) is 1.55. The molecular formula is C23H26N4O3. The van der Waals surface area contributed by atoms with Crippen LogP contribution in [0, 0.1) is 6.92 Å². The second kappa shape index (κ2) is 9.73. The summed E-state index contributed by atoms with van der Waals surface area (Å²) in [6.45, 7) is 4.24. The number of ether oxygens (including phenoxy) is 1. The highest BCUT2D eigenvalue weighted by atomic mass is 16.5. The average molecular weight is 406 g/mol. The third-order valence-electron chi connectivity index (χ3n) is 4.74. The second-order valence-corrected chi connectivity index (χ2v) is 6.87. The molecule has 0 bridgehead atoms. The number of amides is 2. The molecule has 0 saturated heterocycles. The molecular weight excluding hydrogens is 380 g/mol. The maximum atomic E-state index is 13.2. The summed E-state index contributed by atoms with van der Waals surface area (Å²) in [5.41, 5.74) is 2.67. The summed E-state index contributed by atoms with van der Waals surface area (Å²) in [6, 6.07) is 16.8. The quantitative estimate of drug-likeness (QED) is 0.619. The van der Waals surface area contributed by atoms with Gasteiger partial charge < -0.3 is 15.0 Å². The minimum atomic E-state index is -0.283. The first-order valence-corrected chi connectivity index (χ1v) is 9.87. The van der Waals surface area contributed by atoms with Gasteiger partial charge in [0.1, 0.15) is 12.3 Å². The minimum Gasteiger partial charge on any atom is -0.495 e. The van der Waals surface area contributed by atoms with E-state index in [1.807, 2.05) is 56.3 Å². The fourth-order valence-corrected chi connectivity index (χ4v) is 3.25. The van der Waals surface area contributed by atoms with Crippen molar-refractivity contribution in [3.63, 3.8) is 0 Å². The van der Waals surface area contributed by atoms with Crippen LogP contribution in [-0.2, 0) is 4.79 Å². The van der Waals surface area contributed by atoms with Crippen molar-refractivity contribution in [2.24, 2.45) is 0 Å². The van der Waals surface area contributed by atoms with Crippen molar-refractivity contribution in [2.45, 2.75) is 20.3 Å². The van der Waals surface area contributed by atoms with Gasteiger partial charge in [-0.3, -0.25) is 9.59 Å². The number of hydrogen-bond donors (Lipinski definition) is 1. The summed E-state index contributed by atoms with van der Waals surface area (Å²) < 4.78 is 7.00. The first kappa shape index (κ1) is 21.1. The highest BCUT2D eigenvalue weighted by molar-refractivity contribution is 6.00. The number of anilines is 1. The molecule has 0 spiro atoms. The lowest BCUT2D eigenvalue weighted by Gasteiger charge is -2.22. The number of nitrogens with one attached hydrogen (secondary N) is 1. The van der Waals surface area contributed by atoms with E-state index < -0.39 is 0 Å². The Kier molecular flexibility index (Phi) is 6.85. The van der Waals surface area contributed by atoms with Crippen LogP contribution in [0.2, 0.25) is 0 Å². The molecule has 3 rings (SSSR count). The topological polar surface area (TPSA) is 76.5 Å². The normalized spacial score (nSPS) is 10.5. The van der Waals surface area contributed by atoms with Crippen LogP contribution in [0.3, 0.4) is 0 Å². The van der Waals surface area contributed by atoms with Gasteiger partial charge in [0.05, 0.1) is 35.9 Å². The summed E-state index contributed by atoms with van der Waals surface area (Å²) >= 11 is 0. The zero-order chi connectivity index (χ0) is 21.5. The Balaban J connectivity index is 1.77. The van der Waals surface area contributed by atoms with E-state index in [9.17, 15) is 9.59 Å². The number of benzene rings is 2. The Hall–Kier alpha value is -3.61. The molecule has 2 amide bonds. The largest absolute Gasteiger partial charge is 0.495 e. The van der Waals surface area contributed by atoms with E-state index in [1.54, 1.807) is 35.0 Å². The van der Waals surface area contributed by atoms with Crippen molar-refractivity contribution in [1.29, 1.82) is 0 Å². The van der Waals surface area contributed by atoms with Gasteiger partial charge in [-0.05, 0) is 37.6 Å². The van der Waals surface area contributed by atoms with E-state index in [2.05, 4.69) is 10.4 Å². The zero-order valence-electron chi connectivity index (χ0n) is 17.5. The van der Waals surface area contributed by atoms with E-state index in [1.165, 1.54) is 0 Å². The summed E-state index contributed by atoms with van der Waals surface area (Å²) in [5, 5.41) is 7.19. The molecule has 1 N–H and O–H groups in total. The van der Waals surface area contributed by atoms with E-state index in [4.69, 9.17) is 4.74 Å². The Labute approximate surface area is 176 Å². The van der Waals surface area contributed by atoms with Gasteiger partial charge in [-0.15, -0.1) is 0 Å². The van der Waals surface area contributed by atoms with Gasteiger partial charge in [0.25, 0.3) is 5.91 Å². The minimum absolute atomic E-state index is 0.0549. The van der Waals surface area contributed by atoms with Gasteiger partial charge in [-0.1, -0.05) is 37.3 Å². The Morgan fingerprint density at radius 3 is 2.50 bits per heavy atom. The first-order chi connectivity index (χ1) is 14.5. The highest BCUT2D eigenvalue weighted by Crippen LogP contribution is 2.23. The Morgan fingerprint density at radius 2 is 1.80 bits per heavy atom. The molecule has 1 aromatic heterocycles. The maximum absolute atomic E-state index is 13.2. The number of para-hydroxylation sites is 3. The summed E-state index contributed by atoms with van der Waals surface area (Å²) in [5.74, 6) is 0.0697. The molecule has 0 saturated carbocycles. The van der Waals surface area contributed by atoms with E-state index in [0.717, 1.165) is 17.8 Å². The van der Waals surface area contributed by atoms with Crippen LogP contribution >= 0.6 is 0 Å². The van der Waals surface area contributed by atoms with Crippen molar-refractivity contribution >= 4 is 17.5 Å². The summed E-state index contributed by atoms with van der Waals surface area (Å²) in [6.07, 6.45) is 2.30. The lowest BCUT2D eigenvalue weighted by Crippen LogP contribution is -2.38. The first-order valence-electron chi connectivity index (χ1n) is 9.87. The third-order valence-corrected chi connectivity index (χ3v) is 4.74. The van der Waals surface area contributed by atoms with Gasteiger partial charge in [0, 0.05) is 6.54 Å². The van der Waals surface area contributed by atoms with Crippen LogP contribution in [0.4, 0.5) is 5.69 Å². The lowest BCUT2D eigenvalue weighted by molar-refractivity contribution is -0.116. The number of aromatic nitrogens is 2. The lowest BCUT2D eigenvalue weighted by atomic mass is 10.2. The van der Waals surface area contributed by atoms with Gasteiger partial charge in [0.15, 0.2) is 0 Å². The number of rotatable bonds is 8. The molecule has 3 aromatic rings. The van der Waals surface area contributed by atoms with Crippen molar-refractivity contribution in [3.05, 3.63) is 72.1 Å². The van der Waals surface area contributed by atoms with Crippen molar-refractivity contribution in [2.75, 3.05) is 25.5 Å². The van der Waals surface area contributed by atoms with Crippen molar-refractivity contribution in [1.82, 2.24) is 14.7 Å². The van der Waals surface area contributed by atoms with Crippen molar-refractivity contribution in [3.8, 4) is 11.4 Å². The van der Waals surface area contributed by atoms with Crippen LogP contribution in [0.25, 0.3) is 5.69 Å². The molecule has 30 heavy (non-hydrogen) atoms. The number of nitrogens with zero attached hydrogens (tertiary/aromatic N) is 3. The molecule has 0 radical (unpaired) electrons. The van der Waals surface area contributed by atoms with Gasteiger partial charge in [-0.2, -0.15) is 5.10 Å². The number of carbonyl (C=O) groups excluding carboxylic acids is 2. The smallest absolute Gasteiger partial charge is 0.257 e. The molecule has 0 fully saturated rings. The van der Waals surface area contributed by atoms with Gasteiger partial charge in [-0.25, -0.2) is 4.68 Å². The molecule has 0 aliphatic carbocycles. The molecule has 1 heterocycles. The molecule has 0 aliphatic rings. The molecule has 0 atom stereocenters. The van der Waals surface area contributed by atoms with Crippen LogP contribution in [0.15, 0.2) is 60.8 Å². The fraction of sp³-hybridized carbons (Fsp3) is 0.261. The predicted octanol–water partition coefficient (Wildman–Crippen LogP) is 3.68. The second-order valence-electron chi connectivity index (χ2n) is 6.87. The third kappa shape index (κ3) is 4.68. The Bertz CT molecular complexity index is 1010. The van der Waals surface area contributed by atoms with Crippen LogP contribution in [0.5, 0.6) is 5.75 Å². The monoisotopic (exact) mass is 406 g/mol. The summed E-state index contributed by atoms with van der Waals surface area (Å²) in [4.78, 5) is 27.4. The zero-order valence-corrected chi connectivity index (χ0v) is 17.5. The van der Waals surface area contributed by atoms with Crippen LogP contribution in [-0.4, -0.2) is 46.7 Å². The molecule has 0 aliphatic heterocycles. The SMILES string of the molecule is CCCN(CC(=O)Nc1ccccc1OC)C(=O)c1cnn(-c2ccccc2)c1C. The number of hydrogen-bond acceptors (Lipinski definition) is 4. The maximum Gasteiger partial charge on any atom is 0.257 e. The van der Waals surface area contributed by atoms with Gasteiger partial charge in [0.2, 0.25) is 5.91 Å². The van der Waals surface area contributed by atoms with E-state index in [0.29, 0.717) is 23.5 Å². The number of carbonyl (C=O) groups is 2. The van der Waals surface area contributed by atoms with Crippen LogP contribution < -0.4 is 10.1 Å². The highest BCUT2D eigenvalue weighted by Gasteiger charge is 2.23. The molecule has 7 nitrogen and oxygen atoms in total. The van der Waals surface area contributed by atoms with E-state index >= 15 is 0 Å².